The zero-order chi connectivity index (χ0) is 11.8. The first-order valence-corrected chi connectivity index (χ1v) is 7.67. The molecule has 1 atom stereocenters. The number of nitrogens with two attached hydrogens (primary N) is 1. The van der Waals surface area contributed by atoms with Crippen LogP contribution in [0.5, 0.6) is 0 Å². The Morgan fingerprint density at radius 2 is 2.31 bits per heavy atom. The minimum Gasteiger partial charge on any atom is -0.377 e. The van der Waals surface area contributed by atoms with E-state index >= 15 is 0 Å². The van der Waals surface area contributed by atoms with Gasteiger partial charge in [0.25, 0.3) is 10.0 Å². The highest BCUT2D eigenvalue weighted by molar-refractivity contribution is 9.11. The van der Waals surface area contributed by atoms with Gasteiger partial charge in [-0.25, -0.2) is 8.42 Å². The van der Waals surface area contributed by atoms with E-state index in [-0.39, 0.29) is 6.61 Å². The van der Waals surface area contributed by atoms with Gasteiger partial charge in [0.15, 0.2) is 0 Å². The Morgan fingerprint density at radius 3 is 2.88 bits per heavy atom. The summed E-state index contributed by atoms with van der Waals surface area (Å²) in [6, 6.07) is 3.29. The fourth-order valence-electron chi connectivity index (χ4n) is 1.46. The van der Waals surface area contributed by atoms with Gasteiger partial charge in [-0.2, -0.15) is 4.31 Å². The second-order valence-electron chi connectivity index (χ2n) is 3.32. The molecular formula is C8H11BrN2O3S2. The molecule has 2 heterocycles. The van der Waals surface area contributed by atoms with E-state index < -0.39 is 16.2 Å². The minimum atomic E-state index is -3.47. The number of nitrogens with zero attached hydrogens (tertiary/aromatic N) is 1. The molecule has 1 saturated heterocycles. The molecule has 0 aliphatic carbocycles. The molecule has 1 aliphatic heterocycles. The highest BCUT2D eigenvalue weighted by atomic mass is 79.9. The van der Waals surface area contributed by atoms with Crippen molar-refractivity contribution in [3.05, 3.63) is 15.9 Å². The highest BCUT2D eigenvalue weighted by Crippen LogP contribution is 2.29. The van der Waals surface area contributed by atoms with Crippen molar-refractivity contribution in [2.45, 2.75) is 10.4 Å². The number of hydrogen-bond acceptors (Lipinski definition) is 5. The second-order valence-corrected chi connectivity index (χ2v) is 7.90. The van der Waals surface area contributed by atoms with Gasteiger partial charge in [0, 0.05) is 6.54 Å². The van der Waals surface area contributed by atoms with E-state index in [1.807, 2.05) is 0 Å². The van der Waals surface area contributed by atoms with Crippen molar-refractivity contribution in [3.8, 4) is 0 Å². The summed E-state index contributed by atoms with van der Waals surface area (Å²) in [4.78, 5) is 0. The predicted octanol–water partition coefficient (Wildman–Crippen LogP) is 0.816. The lowest BCUT2D eigenvalue weighted by Crippen LogP contribution is -2.53. The second kappa shape index (κ2) is 4.71. The summed E-state index contributed by atoms with van der Waals surface area (Å²) in [5, 5.41) is 0. The molecule has 2 N–H and O–H groups in total. The molecule has 0 spiro atoms. The van der Waals surface area contributed by atoms with E-state index in [1.165, 1.54) is 15.6 Å². The number of halogens is 1. The van der Waals surface area contributed by atoms with Gasteiger partial charge in [-0.3, -0.25) is 0 Å². The van der Waals surface area contributed by atoms with Crippen molar-refractivity contribution in [2.24, 2.45) is 5.73 Å². The molecule has 5 nitrogen and oxygen atoms in total. The monoisotopic (exact) mass is 326 g/mol. The zero-order valence-corrected chi connectivity index (χ0v) is 11.5. The molecule has 90 valence electrons. The molecule has 1 aromatic heterocycles. The minimum absolute atomic E-state index is 0.242. The summed E-state index contributed by atoms with van der Waals surface area (Å²) >= 11 is 4.42. The quantitative estimate of drug-likeness (QED) is 0.873. The van der Waals surface area contributed by atoms with Gasteiger partial charge in [0.05, 0.1) is 23.2 Å². The fraction of sp³-hybridized carbons (Fsp3) is 0.500. The lowest BCUT2D eigenvalue weighted by atomic mass is 10.4. The molecule has 0 saturated carbocycles. The first-order chi connectivity index (χ1) is 7.51. The first-order valence-electron chi connectivity index (χ1n) is 4.62. The maximum absolute atomic E-state index is 12.2. The molecule has 1 unspecified atom stereocenters. The Morgan fingerprint density at radius 1 is 1.56 bits per heavy atom. The van der Waals surface area contributed by atoms with Crippen LogP contribution in [0, 0.1) is 0 Å². The summed E-state index contributed by atoms with van der Waals surface area (Å²) in [5.74, 6) is 0. The SMILES string of the molecule is NC1COCCN1S(=O)(=O)c1ccc(Br)s1. The van der Waals surface area contributed by atoms with Crippen LogP contribution in [0.4, 0.5) is 0 Å². The van der Waals surface area contributed by atoms with Crippen molar-refractivity contribution < 1.29 is 13.2 Å². The van der Waals surface area contributed by atoms with Gasteiger partial charge in [0.2, 0.25) is 0 Å². The summed E-state index contributed by atoms with van der Waals surface area (Å²) in [5.41, 5.74) is 5.72. The molecule has 1 fully saturated rings. The standard InChI is InChI=1S/C8H11BrN2O3S2/c9-6-1-2-8(15-6)16(12,13)11-3-4-14-5-7(11)10/h1-2,7H,3-5,10H2. The van der Waals surface area contributed by atoms with E-state index in [2.05, 4.69) is 15.9 Å². The molecule has 0 amide bonds. The lowest BCUT2D eigenvalue weighted by Gasteiger charge is -2.31. The Kier molecular flexibility index (Phi) is 3.67. The molecule has 1 aromatic rings. The van der Waals surface area contributed by atoms with Crippen LogP contribution >= 0.6 is 27.3 Å². The molecule has 16 heavy (non-hydrogen) atoms. The van der Waals surface area contributed by atoms with Crippen molar-refractivity contribution in [1.82, 2.24) is 4.31 Å². The van der Waals surface area contributed by atoms with Gasteiger partial charge in [-0.15, -0.1) is 11.3 Å². The number of rotatable bonds is 2. The van der Waals surface area contributed by atoms with Crippen LogP contribution in [0.3, 0.4) is 0 Å². The smallest absolute Gasteiger partial charge is 0.254 e. The van der Waals surface area contributed by atoms with Crippen molar-refractivity contribution in [3.63, 3.8) is 0 Å². The number of thiophene rings is 1. The Bertz CT molecular complexity index is 473. The van der Waals surface area contributed by atoms with Crippen LogP contribution < -0.4 is 5.73 Å². The third kappa shape index (κ3) is 2.31. The molecule has 1 aliphatic rings. The van der Waals surface area contributed by atoms with Crippen LogP contribution in [-0.2, 0) is 14.8 Å². The predicted molar refractivity (Wildman–Crippen MR) is 64.7 cm³/mol. The number of morpholine rings is 1. The normalized spacial score (nSPS) is 23.5. The highest BCUT2D eigenvalue weighted by Gasteiger charge is 2.32. The molecule has 2 rings (SSSR count). The van der Waals surface area contributed by atoms with Crippen molar-refractivity contribution >= 4 is 37.3 Å². The molecule has 8 heteroatoms. The van der Waals surface area contributed by atoms with Crippen LogP contribution in [0.1, 0.15) is 0 Å². The summed E-state index contributed by atoms with van der Waals surface area (Å²) in [6.07, 6.45) is -0.598. The Hall–Kier alpha value is 0.01000. The molecule has 0 aromatic carbocycles. The van der Waals surface area contributed by atoms with E-state index in [1.54, 1.807) is 12.1 Å². The number of sulfonamides is 1. The first kappa shape index (κ1) is 12.5. The number of ether oxygens (including phenoxy) is 1. The zero-order valence-electron chi connectivity index (χ0n) is 8.30. The Labute approximate surface area is 106 Å². The topological polar surface area (TPSA) is 72.6 Å². The Balaban J connectivity index is 2.31. The summed E-state index contributed by atoms with van der Waals surface area (Å²) < 4.78 is 31.9. The number of hydrogen-bond donors (Lipinski definition) is 1. The van der Waals surface area contributed by atoms with Gasteiger partial charge in [-0.05, 0) is 28.1 Å². The molecule has 0 bridgehead atoms. The van der Waals surface area contributed by atoms with E-state index in [4.69, 9.17) is 10.5 Å². The summed E-state index contributed by atoms with van der Waals surface area (Å²) in [7, 11) is -3.47. The largest absolute Gasteiger partial charge is 0.377 e. The van der Waals surface area contributed by atoms with E-state index in [0.29, 0.717) is 17.4 Å². The van der Waals surface area contributed by atoms with E-state index in [9.17, 15) is 8.42 Å². The molecule has 0 radical (unpaired) electrons. The van der Waals surface area contributed by atoms with Crippen LogP contribution in [0.25, 0.3) is 0 Å². The fourth-order valence-corrected chi connectivity index (χ4v) is 5.08. The van der Waals surface area contributed by atoms with Gasteiger partial charge in [0.1, 0.15) is 4.21 Å². The van der Waals surface area contributed by atoms with Crippen LogP contribution in [0.2, 0.25) is 0 Å². The average Bonchev–Trinajstić information content (AvgIpc) is 2.66. The van der Waals surface area contributed by atoms with Crippen LogP contribution in [-0.4, -0.2) is 38.6 Å². The lowest BCUT2D eigenvalue weighted by molar-refractivity contribution is 0.0351. The van der Waals surface area contributed by atoms with Gasteiger partial charge >= 0.3 is 0 Å². The third-order valence-corrected chi connectivity index (χ3v) is 6.24. The summed E-state index contributed by atoms with van der Waals surface area (Å²) in [6.45, 7) is 0.935. The van der Waals surface area contributed by atoms with E-state index in [0.717, 1.165) is 3.79 Å². The van der Waals surface area contributed by atoms with Crippen molar-refractivity contribution in [2.75, 3.05) is 19.8 Å². The molecular weight excluding hydrogens is 316 g/mol. The average molecular weight is 327 g/mol. The maximum atomic E-state index is 12.2. The third-order valence-electron chi connectivity index (χ3n) is 2.23. The van der Waals surface area contributed by atoms with Crippen molar-refractivity contribution in [1.29, 1.82) is 0 Å². The van der Waals surface area contributed by atoms with Crippen LogP contribution in [0.15, 0.2) is 20.1 Å². The maximum Gasteiger partial charge on any atom is 0.254 e. The van der Waals surface area contributed by atoms with Gasteiger partial charge < -0.3 is 10.5 Å². The van der Waals surface area contributed by atoms with Gasteiger partial charge in [-0.1, -0.05) is 0 Å².